The molecule has 0 radical (unpaired) electrons. The zero-order valence-electron chi connectivity index (χ0n) is 10.2. The summed E-state index contributed by atoms with van der Waals surface area (Å²) in [5.41, 5.74) is 1.34. The van der Waals surface area contributed by atoms with Crippen LogP contribution in [-0.2, 0) is 4.79 Å². The first-order valence-corrected chi connectivity index (χ1v) is 5.79. The molecule has 1 heteroatoms. The van der Waals surface area contributed by atoms with Gasteiger partial charge in [0.1, 0.15) is 0 Å². The van der Waals surface area contributed by atoms with E-state index in [2.05, 4.69) is 26.5 Å². The third kappa shape index (κ3) is 3.65. The number of carbonyl (C=O) groups is 1. The minimum Gasteiger partial charge on any atom is -0.295 e. The fraction of sp³-hybridized carbons (Fsp3) is 0.643. The first kappa shape index (κ1) is 12.2. The number of allylic oxidation sites excluding steroid dienone is 3. The second-order valence-corrected chi connectivity index (χ2v) is 5.45. The lowest BCUT2D eigenvalue weighted by Gasteiger charge is -2.29. The number of carbonyl (C=O) groups excluding carboxylic acids is 1. The van der Waals surface area contributed by atoms with E-state index in [9.17, 15) is 4.79 Å². The van der Waals surface area contributed by atoms with Crippen LogP contribution in [0.5, 0.6) is 0 Å². The third-order valence-corrected chi connectivity index (χ3v) is 3.15. The van der Waals surface area contributed by atoms with Crippen LogP contribution in [0.15, 0.2) is 24.3 Å². The van der Waals surface area contributed by atoms with Gasteiger partial charge >= 0.3 is 0 Å². The number of hydrogen-bond donors (Lipinski definition) is 0. The highest BCUT2D eigenvalue weighted by atomic mass is 16.1. The SMILES string of the molecule is C=CC(C)CC(=O)C1=CCCC(C)(C)C1. The monoisotopic (exact) mass is 206 g/mol. The maximum Gasteiger partial charge on any atom is 0.159 e. The zero-order valence-corrected chi connectivity index (χ0v) is 10.2. The molecular weight excluding hydrogens is 184 g/mol. The standard InChI is InChI=1S/C14H22O/c1-5-11(2)9-13(15)12-7-6-8-14(3,4)10-12/h5,7,11H,1,6,8-10H2,2-4H3. The van der Waals surface area contributed by atoms with Crippen molar-refractivity contribution in [1.82, 2.24) is 0 Å². The summed E-state index contributed by atoms with van der Waals surface area (Å²) in [5.74, 6) is 0.610. The van der Waals surface area contributed by atoms with Crippen molar-refractivity contribution >= 4 is 5.78 Å². The fourth-order valence-corrected chi connectivity index (χ4v) is 2.03. The molecule has 0 N–H and O–H groups in total. The Morgan fingerprint density at radius 2 is 2.33 bits per heavy atom. The summed E-state index contributed by atoms with van der Waals surface area (Å²) in [7, 11) is 0. The van der Waals surface area contributed by atoms with E-state index in [0.717, 1.165) is 18.4 Å². The smallest absolute Gasteiger partial charge is 0.159 e. The summed E-state index contributed by atoms with van der Waals surface area (Å²) < 4.78 is 0. The Morgan fingerprint density at radius 1 is 1.67 bits per heavy atom. The van der Waals surface area contributed by atoms with Gasteiger partial charge in [-0.05, 0) is 36.2 Å². The molecule has 15 heavy (non-hydrogen) atoms. The molecule has 1 aliphatic carbocycles. The lowest BCUT2D eigenvalue weighted by Crippen LogP contribution is -2.20. The molecule has 0 saturated heterocycles. The molecule has 84 valence electrons. The van der Waals surface area contributed by atoms with E-state index in [1.165, 1.54) is 6.42 Å². The largest absolute Gasteiger partial charge is 0.295 e. The summed E-state index contributed by atoms with van der Waals surface area (Å²) in [4.78, 5) is 11.9. The van der Waals surface area contributed by atoms with E-state index in [4.69, 9.17) is 0 Å². The average molecular weight is 206 g/mol. The van der Waals surface area contributed by atoms with E-state index in [1.54, 1.807) is 0 Å². The quantitative estimate of drug-likeness (QED) is 0.637. The van der Waals surface area contributed by atoms with Gasteiger partial charge in [-0.2, -0.15) is 0 Å². The first-order valence-electron chi connectivity index (χ1n) is 5.79. The summed E-state index contributed by atoms with van der Waals surface area (Å²) in [6, 6.07) is 0. The Balaban J connectivity index is 2.60. The second kappa shape index (κ2) is 4.78. The highest BCUT2D eigenvalue weighted by Crippen LogP contribution is 2.35. The van der Waals surface area contributed by atoms with Crippen molar-refractivity contribution < 1.29 is 4.79 Å². The Bertz CT molecular complexity index is 284. The zero-order chi connectivity index (χ0) is 11.5. The van der Waals surface area contributed by atoms with Gasteiger partial charge in [0.25, 0.3) is 0 Å². The molecule has 1 unspecified atom stereocenters. The van der Waals surface area contributed by atoms with Crippen LogP contribution in [0.2, 0.25) is 0 Å². The van der Waals surface area contributed by atoms with Gasteiger partial charge in [-0.15, -0.1) is 6.58 Å². The Hall–Kier alpha value is -0.850. The van der Waals surface area contributed by atoms with Crippen LogP contribution in [0, 0.1) is 11.3 Å². The minimum absolute atomic E-state index is 0.295. The molecule has 0 heterocycles. The van der Waals surface area contributed by atoms with Crippen LogP contribution in [0.3, 0.4) is 0 Å². The normalized spacial score (nSPS) is 21.7. The van der Waals surface area contributed by atoms with Gasteiger partial charge in [0.05, 0.1) is 0 Å². The molecule has 1 aliphatic rings. The van der Waals surface area contributed by atoms with E-state index in [0.29, 0.717) is 23.5 Å². The molecule has 0 aromatic heterocycles. The molecule has 1 atom stereocenters. The number of rotatable bonds is 4. The minimum atomic E-state index is 0.295. The van der Waals surface area contributed by atoms with Gasteiger partial charge in [-0.1, -0.05) is 32.9 Å². The van der Waals surface area contributed by atoms with Gasteiger partial charge in [0.2, 0.25) is 0 Å². The van der Waals surface area contributed by atoms with Crippen molar-refractivity contribution in [3.63, 3.8) is 0 Å². The fourth-order valence-electron chi connectivity index (χ4n) is 2.03. The molecule has 0 aliphatic heterocycles. The number of Topliss-reactive ketones (excluding diaryl/α,β-unsaturated/α-hetero) is 1. The van der Waals surface area contributed by atoms with Crippen molar-refractivity contribution in [2.45, 2.75) is 46.5 Å². The summed E-state index contributed by atoms with van der Waals surface area (Å²) in [6.07, 6.45) is 7.79. The predicted molar refractivity (Wildman–Crippen MR) is 64.7 cm³/mol. The number of ketones is 1. The summed E-state index contributed by atoms with van der Waals surface area (Å²) >= 11 is 0. The molecule has 0 bridgehead atoms. The van der Waals surface area contributed by atoms with Crippen LogP contribution < -0.4 is 0 Å². The highest BCUT2D eigenvalue weighted by Gasteiger charge is 2.26. The Labute approximate surface area is 93.3 Å². The topological polar surface area (TPSA) is 17.1 Å². The van der Waals surface area contributed by atoms with Gasteiger partial charge in [0, 0.05) is 6.42 Å². The van der Waals surface area contributed by atoms with Crippen molar-refractivity contribution in [3.05, 3.63) is 24.3 Å². The molecule has 0 amide bonds. The van der Waals surface area contributed by atoms with Gasteiger partial charge in [-0.25, -0.2) is 0 Å². The third-order valence-electron chi connectivity index (χ3n) is 3.15. The molecule has 1 rings (SSSR count). The van der Waals surface area contributed by atoms with E-state index >= 15 is 0 Å². The summed E-state index contributed by atoms with van der Waals surface area (Å²) in [6.45, 7) is 10.2. The molecule has 0 saturated carbocycles. The average Bonchev–Trinajstić information content (AvgIpc) is 2.16. The van der Waals surface area contributed by atoms with Crippen LogP contribution in [-0.4, -0.2) is 5.78 Å². The summed E-state index contributed by atoms with van der Waals surface area (Å²) in [5, 5.41) is 0. The predicted octanol–water partition coefficient (Wildman–Crippen LogP) is 3.90. The van der Waals surface area contributed by atoms with E-state index < -0.39 is 0 Å². The van der Waals surface area contributed by atoms with Crippen LogP contribution in [0.4, 0.5) is 0 Å². The van der Waals surface area contributed by atoms with Crippen molar-refractivity contribution in [2.75, 3.05) is 0 Å². The lowest BCUT2D eigenvalue weighted by molar-refractivity contribution is -0.116. The molecule has 1 nitrogen and oxygen atoms in total. The lowest BCUT2D eigenvalue weighted by atomic mass is 9.75. The molecule has 0 fully saturated rings. The Morgan fingerprint density at radius 3 is 2.87 bits per heavy atom. The van der Waals surface area contributed by atoms with Crippen LogP contribution >= 0.6 is 0 Å². The molecule has 0 aromatic rings. The van der Waals surface area contributed by atoms with Gasteiger partial charge in [0.15, 0.2) is 5.78 Å². The maximum absolute atomic E-state index is 11.9. The molecule has 0 aromatic carbocycles. The van der Waals surface area contributed by atoms with Gasteiger partial charge in [-0.3, -0.25) is 4.79 Å². The van der Waals surface area contributed by atoms with Crippen molar-refractivity contribution in [3.8, 4) is 0 Å². The van der Waals surface area contributed by atoms with Crippen molar-refractivity contribution in [2.24, 2.45) is 11.3 Å². The van der Waals surface area contributed by atoms with Gasteiger partial charge < -0.3 is 0 Å². The number of hydrogen-bond acceptors (Lipinski definition) is 1. The van der Waals surface area contributed by atoms with E-state index in [1.807, 2.05) is 13.0 Å². The highest BCUT2D eigenvalue weighted by molar-refractivity contribution is 5.95. The first-order chi connectivity index (χ1) is 6.94. The maximum atomic E-state index is 11.9. The molecule has 0 spiro atoms. The van der Waals surface area contributed by atoms with Crippen LogP contribution in [0.25, 0.3) is 0 Å². The second-order valence-electron chi connectivity index (χ2n) is 5.45. The van der Waals surface area contributed by atoms with Crippen molar-refractivity contribution in [1.29, 1.82) is 0 Å². The Kier molecular flexibility index (Phi) is 3.90. The van der Waals surface area contributed by atoms with Crippen LogP contribution in [0.1, 0.15) is 46.5 Å². The van der Waals surface area contributed by atoms with E-state index in [-0.39, 0.29) is 0 Å². The molecular formula is C14H22O.